The highest BCUT2D eigenvalue weighted by molar-refractivity contribution is 5.74. The minimum atomic E-state index is 0.0144. The van der Waals surface area contributed by atoms with E-state index in [1.807, 2.05) is 23.2 Å². The lowest BCUT2D eigenvalue weighted by Gasteiger charge is -2.34. The number of urea groups is 1. The van der Waals surface area contributed by atoms with E-state index in [-0.39, 0.29) is 6.03 Å². The highest BCUT2D eigenvalue weighted by atomic mass is 16.2. The molecule has 0 unspecified atom stereocenters. The molecule has 2 amide bonds. The lowest BCUT2D eigenvalue weighted by Crippen LogP contribution is -2.51. The van der Waals surface area contributed by atoms with Gasteiger partial charge in [0.1, 0.15) is 5.82 Å². The first-order chi connectivity index (χ1) is 14.2. The Morgan fingerprint density at radius 3 is 2.34 bits per heavy atom. The molecule has 0 spiro atoms. The van der Waals surface area contributed by atoms with Crippen LogP contribution in [0.25, 0.3) is 0 Å². The number of rotatable bonds is 8. The van der Waals surface area contributed by atoms with E-state index in [2.05, 4.69) is 64.3 Å². The van der Waals surface area contributed by atoms with E-state index in [1.54, 1.807) is 0 Å². The Labute approximate surface area is 174 Å². The molecule has 6 nitrogen and oxygen atoms in total. The van der Waals surface area contributed by atoms with Crippen LogP contribution in [-0.4, -0.2) is 66.6 Å². The van der Waals surface area contributed by atoms with Gasteiger partial charge in [0.25, 0.3) is 0 Å². The van der Waals surface area contributed by atoms with Gasteiger partial charge in [-0.3, -0.25) is 4.90 Å². The molecule has 1 fully saturated rings. The van der Waals surface area contributed by atoms with E-state index in [9.17, 15) is 4.79 Å². The predicted octanol–water partition coefficient (Wildman–Crippen LogP) is 3.00. The van der Waals surface area contributed by atoms with Gasteiger partial charge in [-0.25, -0.2) is 9.78 Å². The average molecular weight is 396 g/mol. The van der Waals surface area contributed by atoms with E-state index < -0.39 is 0 Å². The molecule has 1 aromatic carbocycles. The van der Waals surface area contributed by atoms with Crippen LogP contribution >= 0.6 is 0 Å². The fraction of sp³-hybridized carbons (Fsp3) is 0.478. The molecule has 3 rings (SSSR count). The Hall–Kier alpha value is -2.60. The van der Waals surface area contributed by atoms with Crippen molar-refractivity contribution in [1.29, 1.82) is 0 Å². The third kappa shape index (κ3) is 6.19. The van der Waals surface area contributed by atoms with Crippen LogP contribution in [0.1, 0.15) is 25.0 Å². The maximum atomic E-state index is 12.5. The molecule has 6 heteroatoms. The minimum Gasteiger partial charge on any atom is -0.357 e. The molecule has 0 saturated carbocycles. The number of amides is 2. The van der Waals surface area contributed by atoms with E-state index >= 15 is 0 Å². The van der Waals surface area contributed by atoms with Crippen LogP contribution in [0.3, 0.4) is 0 Å². The van der Waals surface area contributed by atoms with Crippen molar-refractivity contribution < 1.29 is 4.79 Å². The molecule has 1 aromatic heterocycles. The summed E-state index contributed by atoms with van der Waals surface area (Å²) < 4.78 is 0. The van der Waals surface area contributed by atoms with Gasteiger partial charge in [-0.2, -0.15) is 0 Å². The molecule has 0 radical (unpaired) electrons. The van der Waals surface area contributed by atoms with Crippen molar-refractivity contribution in [2.45, 2.75) is 26.8 Å². The van der Waals surface area contributed by atoms with E-state index in [0.717, 1.165) is 63.6 Å². The van der Waals surface area contributed by atoms with Crippen LogP contribution in [0, 0.1) is 0 Å². The van der Waals surface area contributed by atoms with Gasteiger partial charge >= 0.3 is 6.03 Å². The first-order valence-electron chi connectivity index (χ1n) is 10.7. The maximum Gasteiger partial charge on any atom is 0.317 e. The first-order valence-corrected chi connectivity index (χ1v) is 10.7. The topological polar surface area (TPSA) is 51.7 Å². The molecule has 0 bridgehead atoms. The van der Waals surface area contributed by atoms with Crippen molar-refractivity contribution in [3.63, 3.8) is 0 Å². The zero-order valence-electron chi connectivity index (χ0n) is 17.7. The minimum absolute atomic E-state index is 0.0144. The van der Waals surface area contributed by atoms with Gasteiger partial charge < -0.3 is 15.1 Å². The molecule has 29 heavy (non-hydrogen) atoms. The third-order valence-corrected chi connectivity index (χ3v) is 5.56. The Kier molecular flexibility index (Phi) is 7.87. The van der Waals surface area contributed by atoms with Crippen molar-refractivity contribution in [3.05, 3.63) is 59.8 Å². The molecular weight excluding hydrogens is 362 g/mol. The summed E-state index contributed by atoms with van der Waals surface area (Å²) in [5.74, 6) is 0.983. The Morgan fingerprint density at radius 1 is 1.00 bits per heavy atom. The average Bonchev–Trinajstić information content (AvgIpc) is 2.79. The van der Waals surface area contributed by atoms with Crippen LogP contribution in [0.15, 0.2) is 48.7 Å². The Morgan fingerprint density at radius 2 is 1.72 bits per heavy atom. The number of nitrogens with one attached hydrogen (secondary N) is 1. The zero-order valence-corrected chi connectivity index (χ0v) is 17.7. The Balaban J connectivity index is 1.38. The molecule has 0 atom stereocenters. The number of nitrogens with zero attached hydrogens (tertiary/aromatic N) is 4. The quantitative estimate of drug-likeness (QED) is 0.747. The normalized spacial score (nSPS) is 14.6. The number of carbonyl (C=O) groups is 1. The summed E-state index contributed by atoms with van der Waals surface area (Å²) in [5.41, 5.74) is 2.39. The highest BCUT2D eigenvalue weighted by Crippen LogP contribution is 2.11. The van der Waals surface area contributed by atoms with Gasteiger partial charge in [0.15, 0.2) is 0 Å². The summed E-state index contributed by atoms with van der Waals surface area (Å²) >= 11 is 0. The fourth-order valence-corrected chi connectivity index (χ4v) is 3.65. The monoisotopic (exact) mass is 395 g/mol. The Bertz CT molecular complexity index is 738. The van der Waals surface area contributed by atoms with Crippen LogP contribution in [0.5, 0.6) is 0 Å². The smallest absolute Gasteiger partial charge is 0.317 e. The lowest BCUT2D eigenvalue weighted by atomic mass is 10.1. The summed E-state index contributed by atoms with van der Waals surface area (Å²) in [6, 6.07) is 14.7. The number of hydrogen-bond donors (Lipinski definition) is 1. The number of hydrogen-bond acceptors (Lipinski definition) is 4. The van der Waals surface area contributed by atoms with Crippen molar-refractivity contribution in [2.75, 3.05) is 50.7 Å². The number of carbonyl (C=O) groups excluding carboxylic acids is 1. The summed E-state index contributed by atoms with van der Waals surface area (Å²) in [6.07, 6.45) is 2.92. The molecule has 1 aliphatic rings. The second kappa shape index (κ2) is 10.8. The van der Waals surface area contributed by atoms with Crippen LogP contribution in [0.2, 0.25) is 0 Å². The van der Waals surface area contributed by atoms with Gasteiger partial charge in [-0.15, -0.1) is 0 Å². The van der Waals surface area contributed by atoms with Gasteiger partial charge in [0, 0.05) is 58.6 Å². The summed E-state index contributed by atoms with van der Waals surface area (Å²) in [4.78, 5) is 23.6. The van der Waals surface area contributed by atoms with Crippen LogP contribution in [0.4, 0.5) is 10.6 Å². The standard InChI is InChI=1S/C23H33N5O/c1-3-27(4-2)22-11-10-21(18-24-22)19-25-23(29)28-16-14-26(15-17-28)13-12-20-8-6-5-7-9-20/h5-11,18H,3-4,12-17,19H2,1-2H3,(H,25,29). The van der Waals surface area contributed by atoms with Gasteiger partial charge in [-0.1, -0.05) is 36.4 Å². The van der Waals surface area contributed by atoms with Gasteiger partial charge in [-0.05, 0) is 37.5 Å². The molecule has 2 heterocycles. The van der Waals surface area contributed by atoms with E-state index in [0.29, 0.717) is 6.54 Å². The molecule has 1 saturated heterocycles. The number of aromatic nitrogens is 1. The highest BCUT2D eigenvalue weighted by Gasteiger charge is 2.20. The molecule has 0 aliphatic carbocycles. The van der Waals surface area contributed by atoms with Gasteiger partial charge in [0.05, 0.1) is 0 Å². The summed E-state index contributed by atoms with van der Waals surface area (Å²) in [6.45, 7) is 11.1. The predicted molar refractivity (Wildman–Crippen MR) is 118 cm³/mol. The maximum absolute atomic E-state index is 12.5. The van der Waals surface area contributed by atoms with Gasteiger partial charge in [0.2, 0.25) is 0 Å². The molecule has 1 aliphatic heterocycles. The summed E-state index contributed by atoms with van der Waals surface area (Å²) in [7, 11) is 0. The molecule has 1 N–H and O–H groups in total. The first kappa shape index (κ1) is 21.1. The van der Waals surface area contributed by atoms with Crippen LogP contribution in [-0.2, 0) is 13.0 Å². The zero-order chi connectivity index (χ0) is 20.5. The van der Waals surface area contributed by atoms with E-state index in [1.165, 1.54) is 5.56 Å². The molecular formula is C23H33N5O. The third-order valence-electron chi connectivity index (χ3n) is 5.56. The molecule has 2 aromatic rings. The van der Waals surface area contributed by atoms with E-state index in [4.69, 9.17) is 0 Å². The van der Waals surface area contributed by atoms with Crippen molar-refractivity contribution in [2.24, 2.45) is 0 Å². The molecule has 156 valence electrons. The number of pyridine rings is 1. The van der Waals surface area contributed by atoms with Crippen molar-refractivity contribution in [3.8, 4) is 0 Å². The summed E-state index contributed by atoms with van der Waals surface area (Å²) in [5, 5.41) is 3.03. The van der Waals surface area contributed by atoms with Crippen molar-refractivity contribution >= 4 is 11.8 Å². The second-order valence-electron chi connectivity index (χ2n) is 7.42. The SMILES string of the molecule is CCN(CC)c1ccc(CNC(=O)N2CCN(CCc3ccccc3)CC2)cn1. The van der Waals surface area contributed by atoms with Crippen LogP contribution < -0.4 is 10.2 Å². The number of piperazine rings is 1. The largest absolute Gasteiger partial charge is 0.357 e. The number of anilines is 1. The number of benzene rings is 1. The lowest BCUT2D eigenvalue weighted by molar-refractivity contribution is 0.140. The second-order valence-corrected chi connectivity index (χ2v) is 7.42. The fourth-order valence-electron chi connectivity index (χ4n) is 3.65. The van der Waals surface area contributed by atoms with Crippen molar-refractivity contribution in [1.82, 2.24) is 20.1 Å².